The van der Waals surface area contributed by atoms with Gasteiger partial charge < -0.3 is 10.6 Å². The lowest BCUT2D eigenvalue weighted by Crippen LogP contribution is -2.15. The summed E-state index contributed by atoms with van der Waals surface area (Å²) < 4.78 is 13.6. The maximum Gasteiger partial charge on any atom is 0.276 e. The van der Waals surface area contributed by atoms with Crippen LogP contribution in [0.3, 0.4) is 0 Å². The third-order valence-electron chi connectivity index (χ3n) is 2.53. The summed E-state index contributed by atoms with van der Waals surface area (Å²) in [4.78, 5) is 29.6. The molecule has 21 heavy (non-hydrogen) atoms. The minimum absolute atomic E-state index is 0.0484. The minimum atomic E-state index is -0.785. The lowest BCUT2D eigenvalue weighted by Gasteiger charge is -2.06. The number of halogens is 1. The number of carbonyl (C=O) groups excluding carboxylic acids is 1. The standard InChI is InChI=1S/C12H10FN5O3/c1-14-11-6-15-5-10(16-11)12(19)17-9-4-7(18(20)21)2-3-8(9)13/h2-6H,1H3,(H,14,16)(H,17,19). The first-order valence-corrected chi connectivity index (χ1v) is 5.76. The van der Waals surface area contributed by atoms with Crippen LogP contribution in [0.2, 0.25) is 0 Å². The van der Waals surface area contributed by atoms with Crippen LogP contribution in [0.4, 0.5) is 21.6 Å². The van der Waals surface area contributed by atoms with E-state index in [1.165, 1.54) is 12.4 Å². The average Bonchev–Trinajstić information content (AvgIpc) is 2.49. The van der Waals surface area contributed by atoms with Crippen LogP contribution >= 0.6 is 0 Å². The van der Waals surface area contributed by atoms with Crippen LogP contribution in [-0.2, 0) is 0 Å². The van der Waals surface area contributed by atoms with E-state index in [0.717, 1.165) is 18.2 Å². The highest BCUT2D eigenvalue weighted by atomic mass is 19.1. The summed E-state index contributed by atoms with van der Waals surface area (Å²) in [6, 6.07) is 2.85. The molecule has 0 aliphatic heterocycles. The quantitative estimate of drug-likeness (QED) is 0.656. The van der Waals surface area contributed by atoms with Crippen molar-refractivity contribution in [2.24, 2.45) is 0 Å². The van der Waals surface area contributed by atoms with Crippen molar-refractivity contribution in [1.29, 1.82) is 0 Å². The monoisotopic (exact) mass is 291 g/mol. The van der Waals surface area contributed by atoms with Crippen LogP contribution in [0, 0.1) is 15.9 Å². The molecule has 1 amide bonds. The fraction of sp³-hybridized carbons (Fsp3) is 0.0833. The number of non-ortho nitro benzene ring substituents is 1. The SMILES string of the molecule is CNc1cncc(C(=O)Nc2cc([N+](=O)[O-])ccc2F)n1. The molecule has 2 N–H and O–H groups in total. The minimum Gasteiger partial charge on any atom is -0.372 e. The summed E-state index contributed by atoms with van der Waals surface area (Å²) in [5, 5.41) is 15.6. The molecule has 0 aliphatic rings. The van der Waals surface area contributed by atoms with Crippen molar-refractivity contribution in [3.63, 3.8) is 0 Å². The molecule has 9 heteroatoms. The number of nitrogens with one attached hydrogen (secondary N) is 2. The molecule has 0 saturated carbocycles. The van der Waals surface area contributed by atoms with Crippen LogP contribution in [0.25, 0.3) is 0 Å². The molecule has 0 saturated heterocycles. The molecule has 0 aliphatic carbocycles. The number of nitro groups is 1. The lowest BCUT2D eigenvalue weighted by molar-refractivity contribution is -0.384. The van der Waals surface area contributed by atoms with Crippen LogP contribution in [0.5, 0.6) is 0 Å². The van der Waals surface area contributed by atoms with Crippen LogP contribution in [0.15, 0.2) is 30.6 Å². The van der Waals surface area contributed by atoms with Gasteiger partial charge in [0, 0.05) is 19.2 Å². The topological polar surface area (TPSA) is 110 Å². The molecule has 8 nitrogen and oxygen atoms in total. The van der Waals surface area contributed by atoms with Gasteiger partial charge in [0.2, 0.25) is 0 Å². The summed E-state index contributed by atoms with van der Waals surface area (Å²) >= 11 is 0. The van der Waals surface area contributed by atoms with E-state index in [1.54, 1.807) is 7.05 Å². The molecule has 0 bridgehead atoms. The van der Waals surface area contributed by atoms with E-state index >= 15 is 0 Å². The van der Waals surface area contributed by atoms with Gasteiger partial charge >= 0.3 is 0 Å². The zero-order valence-corrected chi connectivity index (χ0v) is 10.8. The first-order valence-electron chi connectivity index (χ1n) is 5.76. The third kappa shape index (κ3) is 3.26. The molecule has 1 aromatic carbocycles. The smallest absolute Gasteiger partial charge is 0.276 e. The molecule has 0 atom stereocenters. The van der Waals surface area contributed by atoms with Gasteiger partial charge in [-0.3, -0.25) is 19.9 Å². The van der Waals surface area contributed by atoms with Gasteiger partial charge in [-0.1, -0.05) is 0 Å². The third-order valence-corrected chi connectivity index (χ3v) is 2.53. The lowest BCUT2D eigenvalue weighted by atomic mass is 10.2. The van der Waals surface area contributed by atoms with E-state index in [2.05, 4.69) is 20.6 Å². The summed E-state index contributed by atoms with van der Waals surface area (Å²) in [7, 11) is 1.60. The molecule has 0 unspecified atom stereocenters. The molecular formula is C12H10FN5O3. The van der Waals surface area contributed by atoms with Gasteiger partial charge in [-0.15, -0.1) is 0 Å². The molecular weight excluding hydrogens is 281 g/mol. The molecule has 1 heterocycles. The van der Waals surface area contributed by atoms with E-state index < -0.39 is 16.6 Å². The number of anilines is 2. The Balaban J connectivity index is 2.26. The summed E-state index contributed by atoms with van der Waals surface area (Å²) in [5.41, 5.74) is -0.680. The largest absolute Gasteiger partial charge is 0.372 e. The van der Waals surface area contributed by atoms with Crippen molar-refractivity contribution in [3.05, 3.63) is 52.2 Å². The normalized spacial score (nSPS) is 10.0. The Kier molecular flexibility index (Phi) is 4.02. The van der Waals surface area contributed by atoms with Gasteiger partial charge in [0.15, 0.2) is 0 Å². The Hall–Kier alpha value is -3.10. The summed E-state index contributed by atoms with van der Waals surface area (Å²) in [6.07, 6.45) is 2.61. The number of hydrogen-bond acceptors (Lipinski definition) is 6. The Morgan fingerprint density at radius 3 is 2.81 bits per heavy atom. The Labute approximate surface area is 118 Å². The first kappa shape index (κ1) is 14.3. The van der Waals surface area contributed by atoms with Crippen LogP contribution < -0.4 is 10.6 Å². The van der Waals surface area contributed by atoms with E-state index in [1.807, 2.05) is 0 Å². The van der Waals surface area contributed by atoms with Crippen molar-refractivity contribution in [1.82, 2.24) is 9.97 Å². The molecule has 1 aromatic heterocycles. The fourth-order valence-corrected chi connectivity index (χ4v) is 1.50. The van der Waals surface area contributed by atoms with Crippen molar-refractivity contribution < 1.29 is 14.1 Å². The maximum absolute atomic E-state index is 13.6. The molecule has 0 radical (unpaired) electrons. The van der Waals surface area contributed by atoms with Crippen molar-refractivity contribution in [2.45, 2.75) is 0 Å². The second-order valence-corrected chi connectivity index (χ2v) is 3.91. The highest BCUT2D eigenvalue weighted by Crippen LogP contribution is 2.21. The van der Waals surface area contributed by atoms with Gasteiger partial charge in [0.25, 0.3) is 11.6 Å². The van der Waals surface area contributed by atoms with Gasteiger partial charge in [-0.25, -0.2) is 9.37 Å². The second-order valence-electron chi connectivity index (χ2n) is 3.91. The van der Waals surface area contributed by atoms with Crippen molar-refractivity contribution in [2.75, 3.05) is 17.7 Å². The summed E-state index contributed by atoms with van der Waals surface area (Å²) in [5.74, 6) is -1.15. The van der Waals surface area contributed by atoms with Gasteiger partial charge in [-0.2, -0.15) is 0 Å². The highest BCUT2D eigenvalue weighted by molar-refractivity contribution is 6.03. The Morgan fingerprint density at radius 1 is 1.38 bits per heavy atom. The number of hydrogen-bond donors (Lipinski definition) is 2. The predicted molar refractivity (Wildman–Crippen MR) is 72.6 cm³/mol. The molecule has 0 spiro atoms. The number of carbonyl (C=O) groups is 1. The molecule has 2 aromatic rings. The maximum atomic E-state index is 13.6. The van der Waals surface area contributed by atoms with E-state index in [0.29, 0.717) is 5.82 Å². The van der Waals surface area contributed by atoms with E-state index in [4.69, 9.17) is 0 Å². The Bertz CT molecular complexity index is 707. The predicted octanol–water partition coefficient (Wildman–Crippen LogP) is 1.82. The zero-order valence-electron chi connectivity index (χ0n) is 10.8. The van der Waals surface area contributed by atoms with Crippen molar-refractivity contribution in [3.8, 4) is 0 Å². The average molecular weight is 291 g/mol. The highest BCUT2D eigenvalue weighted by Gasteiger charge is 2.15. The van der Waals surface area contributed by atoms with Crippen LogP contribution in [0.1, 0.15) is 10.5 Å². The molecule has 108 valence electrons. The summed E-state index contributed by atoms with van der Waals surface area (Å²) in [6.45, 7) is 0. The second kappa shape index (κ2) is 5.90. The van der Waals surface area contributed by atoms with E-state index in [9.17, 15) is 19.3 Å². The number of nitrogens with zero attached hydrogens (tertiary/aromatic N) is 3. The number of nitro benzene ring substituents is 1. The van der Waals surface area contributed by atoms with Gasteiger partial charge in [0.05, 0.1) is 23.0 Å². The molecule has 0 fully saturated rings. The number of aromatic nitrogens is 2. The molecule has 2 rings (SSSR count). The Morgan fingerprint density at radius 2 is 2.14 bits per heavy atom. The first-order chi connectivity index (χ1) is 10.0. The van der Waals surface area contributed by atoms with Crippen LogP contribution in [-0.4, -0.2) is 27.8 Å². The van der Waals surface area contributed by atoms with E-state index in [-0.39, 0.29) is 17.1 Å². The van der Waals surface area contributed by atoms with Crippen molar-refractivity contribution >= 4 is 23.1 Å². The fourth-order valence-electron chi connectivity index (χ4n) is 1.50. The number of rotatable bonds is 4. The number of amides is 1. The number of benzene rings is 1. The zero-order chi connectivity index (χ0) is 15.4. The van der Waals surface area contributed by atoms with Gasteiger partial charge in [0.1, 0.15) is 17.3 Å². The van der Waals surface area contributed by atoms with Gasteiger partial charge in [-0.05, 0) is 6.07 Å².